The van der Waals surface area contributed by atoms with Gasteiger partial charge in [0.15, 0.2) is 6.10 Å². The SMILES string of the molecule is CC/C=C\C/C=C\C/C=C\C/C=C\C/C=C\C/C=C\C/C=C\C/C=C\CCCCCCCCCCCCCCCCC(=O)OC(CO)COC(=O)CCCCCCCCCCCCCC/C=C\C/C=C\C/C=C\CCCCCCC. The summed E-state index contributed by atoms with van der Waals surface area (Å²) in [6.07, 6.45) is 103. The van der Waals surface area contributed by atoms with Crippen molar-refractivity contribution in [3.05, 3.63) is 134 Å². The Morgan fingerprint density at radius 1 is 0.300 bits per heavy atom. The third-order valence-corrected chi connectivity index (χ3v) is 14.4. The van der Waals surface area contributed by atoms with E-state index in [4.69, 9.17) is 9.47 Å². The van der Waals surface area contributed by atoms with Gasteiger partial charge in [-0.2, -0.15) is 0 Å². The molecular weight excluding hydrogens is 981 g/mol. The summed E-state index contributed by atoms with van der Waals surface area (Å²) in [6.45, 7) is 4.03. The highest BCUT2D eigenvalue weighted by atomic mass is 16.6. The number of unbranched alkanes of at least 4 members (excludes halogenated alkanes) is 31. The molecule has 5 nitrogen and oxygen atoms in total. The molecule has 0 aliphatic rings. The summed E-state index contributed by atoms with van der Waals surface area (Å²) in [5, 5.41) is 9.70. The van der Waals surface area contributed by atoms with Gasteiger partial charge in [-0.25, -0.2) is 0 Å². The molecule has 0 spiro atoms. The van der Waals surface area contributed by atoms with Crippen molar-refractivity contribution in [3.63, 3.8) is 0 Å². The van der Waals surface area contributed by atoms with Crippen molar-refractivity contribution < 1.29 is 24.2 Å². The van der Waals surface area contributed by atoms with E-state index in [1.807, 2.05) is 0 Å². The number of aliphatic hydroxyl groups is 1. The molecule has 0 fully saturated rings. The number of carbonyl (C=O) groups excluding carboxylic acids is 2. The van der Waals surface area contributed by atoms with Crippen LogP contribution in [0.5, 0.6) is 0 Å². The highest BCUT2D eigenvalue weighted by Crippen LogP contribution is 2.16. The first-order chi connectivity index (χ1) is 39.6. The molecule has 0 aromatic carbocycles. The third-order valence-electron chi connectivity index (χ3n) is 14.4. The van der Waals surface area contributed by atoms with Crippen LogP contribution in [0.2, 0.25) is 0 Å². The van der Waals surface area contributed by atoms with Gasteiger partial charge in [-0.1, -0.05) is 314 Å². The van der Waals surface area contributed by atoms with Crippen molar-refractivity contribution in [1.82, 2.24) is 0 Å². The molecule has 0 saturated heterocycles. The van der Waals surface area contributed by atoms with E-state index in [0.29, 0.717) is 12.8 Å². The van der Waals surface area contributed by atoms with Gasteiger partial charge >= 0.3 is 11.9 Å². The fourth-order valence-corrected chi connectivity index (χ4v) is 9.40. The van der Waals surface area contributed by atoms with Crippen LogP contribution in [-0.2, 0) is 19.1 Å². The summed E-state index contributed by atoms with van der Waals surface area (Å²) in [7, 11) is 0. The number of hydrogen-bond acceptors (Lipinski definition) is 5. The summed E-state index contributed by atoms with van der Waals surface area (Å²) < 4.78 is 10.7. The van der Waals surface area contributed by atoms with Crippen LogP contribution in [-0.4, -0.2) is 36.4 Å². The molecule has 0 amide bonds. The molecule has 1 atom stereocenters. The minimum Gasteiger partial charge on any atom is -0.462 e. The minimum atomic E-state index is -0.782. The van der Waals surface area contributed by atoms with Crippen LogP contribution in [0, 0.1) is 0 Å². The lowest BCUT2D eigenvalue weighted by Gasteiger charge is -2.15. The van der Waals surface area contributed by atoms with E-state index in [-0.39, 0.29) is 25.2 Å². The van der Waals surface area contributed by atoms with Gasteiger partial charge in [0.2, 0.25) is 0 Å². The van der Waals surface area contributed by atoms with Crippen molar-refractivity contribution in [1.29, 1.82) is 0 Å². The number of ether oxygens (including phenoxy) is 2. The number of carbonyl (C=O) groups is 2. The molecule has 0 aromatic rings. The molecule has 0 bridgehead atoms. The highest BCUT2D eigenvalue weighted by Gasteiger charge is 2.16. The van der Waals surface area contributed by atoms with Crippen molar-refractivity contribution >= 4 is 11.9 Å². The molecule has 0 aliphatic heterocycles. The normalized spacial score (nSPS) is 13.1. The van der Waals surface area contributed by atoms with E-state index >= 15 is 0 Å². The Balaban J connectivity index is 3.51. The Morgan fingerprint density at radius 2 is 0.537 bits per heavy atom. The number of esters is 2. The van der Waals surface area contributed by atoms with Crippen molar-refractivity contribution in [3.8, 4) is 0 Å². The summed E-state index contributed by atoms with van der Waals surface area (Å²) in [6, 6.07) is 0. The van der Waals surface area contributed by atoms with Crippen LogP contribution in [0.3, 0.4) is 0 Å². The zero-order valence-corrected chi connectivity index (χ0v) is 52.3. The van der Waals surface area contributed by atoms with Crippen LogP contribution in [0.15, 0.2) is 134 Å². The fourth-order valence-electron chi connectivity index (χ4n) is 9.40. The van der Waals surface area contributed by atoms with E-state index in [2.05, 4.69) is 148 Å². The second kappa shape index (κ2) is 69.3. The predicted octanol–water partition coefficient (Wildman–Crippen LogP) is 23.5. The molecule has 0 radical (unpaired) electrons. The van der Waals surface area contributed by atoms with Crippen molar-refractivity contribution in [2.45, 2.75) is 315 Å². The monoisotopic (exact) mass is 1110 g/mol. The Labute approximate surface area is 496 Å². The quantitative estimate of drug-likeness (QED) is 0.0373. The third kappa shape index (κ3) is 66.6. The van der Waals surface area contributed by atoms with E-state index in [1.54, 1.807) is 0 Å². The lowest BCUT2D eigenvalue weighted by molar-refractivity contribution is -0.161. The first-order valence-corrected chi connectivity index (χ1v) is 33.7. The summed E-state index contributed by atoms with van der Waals surface area (Å²) in [5.41, 5.74) is 0. The van der Waals surface area contributed by atoms with E-state index in [9.17, 15) is 14.7 Å². The molecule has 0 aliphatic carbocycles. The second-order valence-electron chi connectivity index (χ2n) is 22.2. The van der Waals surface area contributed by atoms with E-state index in [0.717, 1.165) is 103 Å². The van der Waals surface area contributed by atoms with Gasteiger partial charge in [-0.3, -0.25) is 9.59 Å². The van der Waals surface area contributed by atoms with Gasteiger partial charge in [0.1, 0.15) is 6.61 Å². The number of rotatable bonds is 61. The summed E-state index contributed by atoms with van der Waals surface area (Å²) in [5.74, 6) is -0.590. The lowest BCUT2D eigenvalue weighted by atomic mass is 10.0. The molecule has 0 aromatic heterocycles. The predicted molar refractivity (Wildman–Crippen MR) is 352 cm³/mol. The number of aliphatic hydroxyl groups excluding tert-OH is 1. The van der Waals surface area contributed by atoms with Crippen LogP contribution >= 0.6 is 0 Å². The fraction of sp³-hybridized carbons (Fsp3) is 0.680. The van der Waals surface area contributed by atoms with Gasteiger partial charge in [0.05, 0.1) is 6.61 Å². The highest BCUT2D eigenvalue weighted by molar-refractivity contribution is 5.70. The van der Waals surface area contributed by atoms with Crippen LogP contribution in [0.4, 0.5) is 0 Å². The topological polar surface area (TPSA) is 72.8 Å². The Morgan fingerprint density at radius 3 is 0.812 bits per heavy atom. The van der Waals surface area contributed by atoms with Gasteiger partial charge in [-0.05, 0) is 116 Å². The average molecular weight is 1110 g/mol. The maximum Gasteiger partial charge on any atom is 0.306 e. The largest absolute Gasteiger partial charge is 0.462 e. The molecule has 1 N–H and O–H groups in total. The van der Waals surface area contributed by atoms with Crippen molar-refractivity contribution in [2.24, 2.45) is 0 Å². The van der Waals surface area contributed by atoms with E-state index < -0.39 is 6.10 Å². The molecule has 5 heteroatoms. The minimum absolute atomic E-state index is 0.0711. The van der Waals surface area contributed by atoms with Crippen molar-refractivity contribution in [2.75, 3.05) is 13.2 Å². The average Bonchev–Trinajstić information content (AvgIpc) is 3.46. The smallest absolute Gasteiger partial charge is 0.306 e. The Hall–Kier alpha value is -3.96. The van der Waals surface area contributed by atoms with Crippen LogP contribution < -0.4 is 0 Å². The Bertz CT molecular complexity index is 1630. The summed E-state index contributed by atoms with van der Waals surface area (Å²) >= 11 is 0. The zero-order valence-electron chi connectivity index (χ0n) is 52.3. The molecular formula is C75H126O5. The van der Waals surface area contributed by atoms with Crippen LogP contribution in [0.25, 0.3) is 0 Å². The molecule has 80 heavy (non-hydrogen) atoms. The van der Waals surface area contributed by atoms with Gasteiger partial charge < -0.3 is 14.6 Å². The van der Waals surface area contributed by atoms with Gasteiger partial charge in [0.25, 0.3) is 0 Å². The molecule has 1 unspecified atom stereocenters. The Kier molecular flexibility index (Phi) is 65.9. The maximum atomic E-state index is 12.4. The molecule has 0 rings (SSSR count). The molecule has 456 valence electrons. The first-order valence-electron chi connectivity index (χ1n) is 33.7. The zero-order chi connectivity index (χ0) is 57.6. The number of allylic oxidation sites excluding steroid dienone is 22. The summed E-state index contributed by atoms with van der Waals surface area (Å²) in [4.78, 5) is 24.6. The van der Waals surface area contributed by atoms with Crippen LogP contribution in [0.1, 0.15) is 309 Å². The van der Waals surface area contributed by atoms with E-state index in [1.165, 1.54) is 180 Å². The molecule has 0 saturated carbocycles. The molecule has 0 heterocycles. The number of hydrogen-bond donors (Lipinski definition) is 1. The van der Waals surface area contributed by atoms with Gasteiger partial charge in [0, 0.05) is 12.8 Å². The standard InChI is InChI=1S/C75H126O5/c1-3-5-7-9-11-13-15-17-19-21-23-25-27-29-31-32-33-34-35-36-37-38-39-40-41-42-44-46-48-50-52-54-56-58-60-62-64-66-68-70-75(78)80-73(71-76)72-79-74(77)69-67-65-63-61-59-57-55-53-51-49-47-45-43-30-28-26-24-22-20-18-16-14-12-10-8-6-4-2/h5,7,11,13,16-19,22-25,28-31,33-34,36-37,39-40,73,76H,3-4,6,8-10,12,14-15,20-21,26-27,32,35,38,41-72H2,1-2H3/b7-5-,13-11-,18-16-,19-17-,24-22-,25-23-,30-28-,31-29-,34-33-,37-36-,40-39-. The maximum absolute atomic E-state index is 12.4. The van der Waals surface area contributed by atoms with Gasteiger partial charge in [-0.15, -0.1) is 0 Å². The second-order valence-corrected chi connectivity index (χ2v) is 22.2. The first kappa shape index (κ1) is 76.0. The lowest BCUT2D eigenvalue weighted by Crippen LogP contribution is -2.28.